The third-order valence-corrected chi connectivity index (χ3v) is 4.57. The predicted molar refractivity (Wildman–Crippen MR) is 99.2 cm³/mol. The van der Waals surface area contributed by atoms with E-state index in [1.54, 1.807) is 13.2 Å². The van der Waals surface area contributed by atoms with Gasteiger partial charge in [0, 0.05) is 0 Å². The fourth-order valence-corrected chi connectivity index (χ4v) is 3.28. The van der Waals surface area contributed by atoms with Gasteiger partial charge in [0.25, 0.3) is 5.91 Å². The largest absolute Gasteiger partial charge is 0.493 e. The molecule has 2 rings (SSSR count). The number of ether oxygens (including phenoxy) is 3. The lowest BCUT2D eigenvalue weighted by molar-refractivity contribution is -0.152. The molecule has 0 radical (unpaired) electrons. The van der Waals surface area contributed by atoms with Gasteiger partial charge < -0.3 is 19.5 Å². The molecular weight excluding hydrogens is 334 g/mol. The third-order valence-electron chi connectivity index (χ3n) is 4.57. The molecule has 6 heteroatoms. The molecule has 1 fully saturated rings. The number of carbonyl (C=O) groups is 2. The lowest BCUT2D eigenvalue weighted by Crippen LogP contribution is -2.57. The van der Waals surface area contributed by atoms with Crippen molar-refractivity contribution in [3.05, 3.63) is 29.8 Å². The Morgan fingerprint density at radius 3 is 2.50 bits per heavy atom. The average molecular weight is 361 g/mol. The molecule has 0 aromatic heterocycles. The number of allylic oxidation sites excluding steroid dienone is 1. The van der Waals surface area contributed by atoms with Gasteiger partial charge in [-0.15, -0.1) is 0 Å². The highest BCUT2D eigenvalue weighted by molar-refractivity contribution is 5.88. The molecule has 1 aliphatic rings. The molecule has 0 aliphatic heterocycles. The third kappa shape index (κ3) is 4.77. The summed E-state index contributed by atoms with van der Waals surface area (Å²) in [6, 6.07) is 5.48. The molecule has 0 unspecified atom stereocenters. The minimum absolute atomic E-state index is 0.196. The van der Waals surface area contributed by atoms with Crippen LogP contribution in [0.3, 0.4) is 0 Å². The zero-order valence-corrected chi connectivity index (χ0v) is 15.7. The summed E-state index contributed by atoms with van der Waals surface area (Å²) in [7, 11) is 2.90. The molecule has 1 aliphatic carbocycles. The molecule has 1 amide bonds. The Morgan fingerprint density at radius 2 is 1.88 bits per heavy atom. The van der Waals surface area contributed by atoms with Gasteiger partial charge in [0.1, 0.15) is 5.54 Å². The SMILES string of the molecule is C/C=C/c1ccc(OCC(=O)NC2(C(=O)OC)CCCCC2)c(OC)c1. The molecule has 0 bridgehead atoms. The molecule has 26 heavy (non-hydrogen) atoms. The second-order valence-electron chi connectivity index (χ2n) is 6.38. The van der Waals surface area contributed by atoms with E-state index in [-0.39, 0.29) is 18.5 Å². The number of benzene rings is 1. The average Bonchev–Trinajstić information content (AvgIpc) is 2.67. The van der Waals surface area contributed by atoms with E-state index in [0.717, 1.165) is 24.8 Å². The van der Waals surface area contributed by atoms with Crippen LogP contribution in [0.25, 0.3) is 6.08 Å². The maximum atomic E-state index is 12.4. The predicted octanol–water partition coefficient (Wildman–Crippen LogP) is 3.10. The number of rotatable bonds is 7. The van der Waals surface area contributed by atoms with Crippen molar-refractivity contribution in [3.63, 3.8) is 0 Å². The zero-order chi connectivity index (χ0) is 19.0. The van der Waals surface area contributed by atoms with Crippen molar-refractivity contribution in [1.29, 1.82) is 0 Å². The van der Waals surface area contributed by atoms with Crippen LogP contribution in [0.4, 0.5) is 0 Å². The molecule has 1 aromatic carbocycles. The van der Waals surface area contributed by atoms with Crippen molar-refractivity contribution < 1.29 is 23.8 Å². The van der Waals surface area contributed by atoms with Gasteiger partial charge in [-0.1, -0.05) is 37.5 Å². The van der Waals surface area contributed by atoms with Crippen LogP contribution in [-0.2, 0) is 14.3 Å². The molecule has 1 saturated carbocycles. The van der Waals surface area contributed by atoms with E-state index >= 15 is 0 Å². The van der Waals surface area contributed by atoms with Crippen LogP contribution in [0.5, 0.6) is 11.5 Å². The molecule has 0 heterocycles. The van der Waals surface area contributed by atoms with Crippen molar-refractivity contribution in [2.45, 2.75) is 44.6 Å². The van der Waals surface area contributed by atoms with Gasteiger partial charge in [-0.05, 0) is 37.5 Å². The summed E-state index contributed by atoms with van der Waals surface area (Å²) in [6.07, 6.45) is 7.88. The summed E-state index contributed by atoms with van der Waals surface area (Å²) in [6.45, 7) is 1.74. The molecule has 1 aromatic rings. The lowest BCUT2D eigenvalue weighted by Gasteiger charge is -2.35. The van der Waals surface area contributed by atoms with E-state index in [9.17, 15) is 9.59 Å². The second kappa shape index (κ2) is 9.27. The fourth-order valence-electron chi connectivity index (χ4n) is 3.28. The number of nitrogens with one attached hydrogen (secondary N) is 1. The van der Waals surface area contributed by atoms with Crippen LogP contribution in [0.2, 0.25) is 0 Å². The molecule has 0 atom stereocenters. The standard InChI is InChI=1S/C20H27NO5/c1-4-8-15-9-10-16(17(13-15)24-2)26-14-18(22)21-20(19(23)25-3)11-6-5-7-12-20/h4,8-10,13H,5-7,11-12,14H2,1-3H3,(H,21,22)/b8-4+. The molecule has 0 spiro atoms. The first-order chi connectivity index (χ1) is 12.5. The van der Waals surface area contributed by atoms with Gasteiger partial charge in [0.2, 0.25) is 0 Å². The van der Waals surface area contributed by atoms with E-state index in [1.807, 2.05) is 31.2 Å². The number of carbonyl (C=O) groups excluding carboxylic acids is 2. The minimum Gasteiger partial charge on any atom is -0.493 e. The Labute approximate surface area is 154 Å². The number of hydrogen-bond acceptors (Lipinski definition) is 5. The lowest BCUT2D eigenvalue weighted by atomic mass is 9.81. The van der Waals surface area contributed by atoms with Gasteiger partial charge in [-0.25, -0.2) is 4.79 Å². The quantitative estimate of drug-likeness (QED) is 0.756. The molecular formula is C20H27NO5. The van der Waals surface area contributed by atoms with Gasteiger partial charge in [-0.2, -0.15) is 0 Å². The summed E-state index contributed by atoms with van der Waals surface area (Å²) in [4.78, 5) is 24.6. The molecule has 0 saturated heterocycles. The van der Waals surface area contributed by atoms with E-state index in [1.165, 1.54) is 7.11 Å². The van der Waals surface area contributed by atoms with Gasteiger partial charge in [-0.3, -0.25) is 4.79 Å². The van der Waals surface area contributed by atoms with Crippen LogP contribution >= 0.6 is 0 Å². The molecule has 6 nitrogen and oxygen atoms in total. The Kier molecular flexibility index (Phi) is 7.06. The minimum atomic E-state index is -0.937. The molecule has 142 valence electrons. The Hall–Kier alpha value is -2.50. The fraction of sp³-hybridized carbons (Fsp3) is 0.500. The topological polar surface area (TPSA) is 73.9 Å². The van der Waals surface area contributed by atoms with Crippen LogP contribution in [0.15, 0.2) is 24.3 Å². The van der Waals surface area contributed by atoms with Crippen LogP contribution in [0.1, 0.15) is 44.6 Å². The smallest absolute Gasteiger partial charge is 0.331 e. The van der Waals surface area contributed by atoms with Crippen LogP contribution in [0, 0.1) is 0 Å². The van der Waals surface area contributed by atoms with Gasteiger partial charge in [0.05, 0.1) is 14.2 Å². The first-order valence-electron chi connectivity index (χ1n) is 8.87. The van der Waals surface area contributed by atoms with Crippen molar-refractivity contribution in [2.75, 3.05) is 20.8 Å². The number of hydrogen-bond donors (Lipinski definition) is 1. The first kappa shape index (κ1) is 19.8. The summed E-state index contributed by atoms with van der Waals surface area (Å²) in [5.41, 5.74) is 0.0424. The highest BCUT2D eigenvalue weighted by atomic mass is 16.5. The van der Waals surface area contributed by atoms with E-state index in [0.29, 0.717) is 24.3 Å². The highest BCUT2D eigenvalue weighted by Crippen LogP contribution is 2.30. The maximum Gasteiger partial charge on any atom is 0.331 e. The van der Waals surface area contributed by atoms with E-state index < -0.39 is 5.54 Å². The molecule has 1 N–H and O–H groups in total. The van der Waals surface area contributed by atoms with Crippen molar-refractivity contribution >= 4 is 18.0 Å². The summed E-state index contributed by atoms with van der Waals surface area (Å²) in [5, 5.41) is 2.83. The number of amides is 1. The summed E-state index contributed by atoms with van der Waals surface area (Å²) < 4.78 is 15.8. The normalized spacial score (nSPS) is 16.1. The second-order valence-corrected chi connectivity index (χ2v) is 6.38. The zero-order valence-electron chi connectivity index (χ0n) is 15.7. The summed E-state index contributed by atoms with van der Waals surface area (Å²) >= 11 is 0. The van der Waals surface area contributed by atoms with Crippen LogP contribution in [-0.4, -0.2) is 38.2 Å². The van der Waals surface area contributed by atoms with Crippen LogP contribution < -0.4 is 14.8 Å². The Bertz CT molecular complexity index is 662. The summed E-state index contributed by atoms with van der Waals surface area (Å²) in [5.74, 6) is 0.288. The Morgan fingerprint density at radius 1 is 1.15 bits per heavy atom. The number of esters is 1. The first-order valence-corrected chi connectivity index (χ1v) is 8.87. The van der Waals surface area contributed by atoms with E-state index in [4.69, 9.17) is 14.2 Å². The van der Waals surface area contributed by atoms with Gasteiger partial charge >= 0.3 is 5.97 Å². The van der Waals surface area contributed by atoms with Crippen molar-refractivity contribution in [2.24, 2.45) is 0 Å². The highest BCUT2D eigenvalue weighted by Gasteiger charge is 2.41. The van der Waals surface area contributed by atoms with Crippen molar-refractivity contribution in [1.82, 2.24) is 5.32 Å². The van der Waals surface area contributed by atoms with E-state index in [2.05, 4.69) is 5.32 Å². The monoisotopic (exact) mass is 361 g/mol. The van der Waals surface area contributed by atoms with Gasteiger partial charge in [0.15, 0.2) is 18.1 Å². The van der Waals surface area contributed by atoms with Crippen molar-refractivity contribution in [3.8, 4) is 11.5 Å². The number of methoxy groups -OCH3 is 2. The Balaban J connectivity index is 2.02. The maximum absolute atomic E-state index is 12.4.